The number of amides is 1. The maximum absolute atomic E-state index is 12.6. The third-order valence-corrected chi connectivity index (χ3v) is 6.83. The molecule has 0 aliphatic rings. The van der Waals surface area contributed by atoms with Gasteiger partial charge in [0.2, 0.25) is 9.84 Å². The molecular weight excluding hydrogens is 414 g/mol. The molecule has 27 heavy (non-hydrogen) atoms. The molecule has 3 rings (SSSR count). The minimum Gasteiger partial charge on any atom is -0.298 e. The van der Waals surface area contributed by atoms with Gasteiger partial charge < -0.3 is 0 Å². The summed E-state index contributed by atoms with van der Waals surface area (Å²) in [5.74, 6) is -0.458. The number of nitro benzene ring substituents is 1. The molecule has 2 aromatic carbocycles. The SMILES string of the molecule is O=C(Nc1ncc(S(=O)(=O)c2ccc([N+](=O)[O-])cc2)s1)c1ccc(Cl)cc1. The zero-order chi connectivity index (χ0) is 19.6. The molecule has 1 heterocycles. The van der Waals surface area contributed by atoms with Crippen LogP contribution < -0.4 is 5.32 Å². The number of nitro groups is 1. The predicted octanol–water partition coefficient (Wildman–Crippen LogP) is 3.79. The number of nitrogens with zero attached hydrogens (tertiary/aromatic N) is 2. The number of thiazole rings is 1. The largest absolute Gasteiger partial charge is 0.298 e. The summed E-state index contributed by atoms with van der Waals surface area (Å²) in [6, 6.07) is 10.7. The maximum Gasteiger partial charge on any atom is 0.269 e. The van der Waals surface area contributed by atoms with Crippen LogP contribution >= 0.6 is 22.9 Å². The lowest BCUT2D eigenvalue weighted by Gasteiger charge is -2.02. The maximum atomic E-state index is 12.6. The van der Waals surface area contributed by atoms with Crippen molar-refractivity contribution in [3.63, 3.8) is 0 Å². The van der Waals surface area contributed by atoms with Crippen molar-refractivity contribution in [2.75, 3.05) is 5.32 Å². The minimum atomic E-state index is -3.90. The van der Waals surface area contributed by atoms with Crippen LogP contribution in [0.25, 0.3) is 0 Å². The highest BCUT2D eigenvalue weighted by molar-refractivity contribution is 7.93. The first-order valence-corrected chi connectivity index (χ1v) is 9.97. The number of carbonyl (C=O) groups excluding carboxylic acids is 1. The Labute approximate surface area is 162 Å². The molecule has 3 aromatic rings. The standard InChI is InChI=1S/C16H10ClN3O5S2/c17-11-3-1-10(2-4-11)15(21)19-16-18-9-14(26-16)27(24,25)13-7-5-12(6-8-13)20(22)23/h1-9H,(H,18,19,21). The predicted molar refractivity (Wildman–Crippen MR) is 100 cm³/mol. The summed E-state index contributed by atoms with van der Waals surface area (Å²) < 4.78 is 25.1. The third kappa shape index (κ3) is 4.13. The molecule has 138 valence electrons. The average molecular weight is 424 g/mol. The van der Waals surface area contributed by atoms with Crippen molar-refractivity contribution in [2.45, 2.75) is 9.10 Å². The molecule has 1 N–H and O–H groups in total. The molecule has 0 unspecified atom stereocenters. The van der Waals surface area contributed by atoms with E-state index in [1.165, 1.54) is 12.1 Å². The zero-order valence-electron chi connectivity index (χ0n) is 13.3. The van der Waals surface area contributed by atoms with Crippen molar-refractivity contribution in [1.29, 1.82) is 0 Å². The van der Waals surface area contributed by atoms with Crippen LogP contribution in [0.15, 0.2) is 63.8 Å². The van der Waals surface area contributed by atoms with Crippen molar-refractivity contribution < 1.29 is 18.1 Å². The number of nitrogens with one attached hydrogen (secondary N) is 1. The fourth-order valence-electron chi connectivity index (χ4n) is 2.08. The van der Waals surface area contributed by atoms with E-state index in [9.17, 15) is 23.3 Å². The first kappa shape index (κ1) is 19.0. The van der Waals surface area contributed by atoms with Gasteiger partial charge in [-0.25, -0.2) is 13.4 Å². The van der Waals surface area contributed by atoms with Crippen molar-refractivity contribution in [3.8, 4) is 0 Å². The van der Waals surface area contributed by atoms with Gasteiger partial charge in [-0.3, -0.25) is 20.2 Å². The Balaban J connectivity index is 1.80. The summed E-state index contributed by atoms with van der Waals surface area (Å²) in [5.41, 5.74) is 0.128. The van der Waals surface area contributed by atoms with Crippen molar-refractivity contribution in [2.24, 2.45) is 0 Å². The van der Waals surface area contributed by atoms with Gasteiger partial charge in [0.05, 0.1) is 16.0 Å². The fraction of sp³-hybridized carbons (Fsp3) is 0. The molecule has 0 aliphatic carbocycles. The second kappa shape index (κ2) is 7.43. The average Bonchev–Trinajstić information content (AvgIpc) is 3.11. The fourth-order valence-corrected chi connectivity index (χ4v) is 4.63. The summed E-state index contributed by atoms with van der Waals surface area (Å²) in [7, 11) is -3.90. The Morgan fingerprint density at radius 3 is 2.33 bits per heavy atom. The Kier molecular flexibility index (Phi) is 5.22. The second-order valence-electron chi connectivity index (χ2n) is 5.20. The molecule has 0 saturated heterocycles. The molecule has 0 spiro atoms. The number of carbonyl (C=O) groups is 1. The highest BCUT2D eigenvalue weighted by atomic mass is 35.5. The number of benzene rings is 2. The number of non-ortho nitro benzene ring substituents is 1. The molecule has 0 saturated carbocycles. The highest BCUT2D eigenvalue weighted by Crippen LogP contribution is 2.29. The summed E-state index contributed by atoms with van der Waals surface area (Å²) >= 11 is 6.55. The van der Waals surface area contributed by atoms with Gasteiger partial charge in [-0.2, -0.15) is 0 Å². The van der Waals surface area contributed by atoms with Gasteiger partial charge >= 0.3 is 0 Å². The van der Waals surface area contributed by atoms with Crippen LogP contribution in [0.3, 0.4) is 0 Å². The van der Waals surface area contributed by atoms with E-state index in [0.717, 1.165) is 41.8 Å². The lowest BCUT2D eigenvalue weighted by Crippen LogP contribution is -2.11. The second-order valence-corrected chi connectivity index (χ2v) is 8.84. The number of hydrogen-bond donors (Lipinski definition) is 1. The summed E-state index contributed by atoms with van der Waals surface area (Å²) in [4.78, 5) is 26.0. The lowest BCUT2D eigenvalue weighted by molar-refractivity contribution is -0.384. The number of aromatic nitrogens is 1. The topological polar surface area (TPSA) is 119 Å². The van der Waals surface area contributed by atoms with Crippen LogP contribution in [0, 0.1) is 10.1 Å². The highest BCUT2D eigenvalue weighted by Gasteiger charge is 2.22. The number of halogens is 1. The van der Waals surface area contributed by atoms with Crippen LogP contribution in [0.5, 0.6) is 0 Å². The number of rotatable bonds is 5. The van der Waals surface area contributed by atoms with Crippen molar-refractivity contribution in [1.82, 2.24) is 4.98 Å². The Bertz CT molecular complexity index is 1110. The number of hydrogen-bond acceptors (Lipinski definition) is 7. The molecule has 11 heteroatoms. The molecule has 1 amide bonds. The van der Waals surface area contributed by atoms with E-state index >= 15 is 0 Å². The van der Waals surface area contributed by atoms with Gasteiger partial charge in [-0.05, 0) is 36.4 Å². The van der Waals surface area contributed by atoms with E-state index in [2.05, 4.69) is 10.3 Å². The van der Waals surface area contributed by atoms with Crippen LogP contribution in [-0.4, -0.2) is 24.2 Å². The third-order valence-electron chi connectivity index (χ3n) is 3.43. The summed E-state index contributed by atoms with van der Waals surface area (Å²) in [6.07, 6.45) is 1.12. The van der Waals surface area contributed by atoms with E-state index in [1.807, 2.05) is 0 Å². The Hall–Kier alpha value is -2.82. The molecule has 0 fully saturated rings. The van der Waals surface area contributed by atoms with Gasteiger partial charge in [0.25, 0.3) is 11.6 Å². The number of anilines is 1. The normalized spacial score (nSPS) is 11.1. The van der Waals surface area contributed by atoms with E-state index in [1.54, 1.807) is 12.1 Å². The quantitative estimate of drug-likeness (QED) is 0.492. The molecule has 0 bridgehead atoms. The summed E-state index contributed by atoms with van der Waals surface area (Å²) in [6.45, 7) is 0. The van der Waals surface area contributed by atoms with E-state index in [0.29, 0.717) is 10.6 Å². The van der Waals surface area contributed by atoms with Gasteiger partial charge in [0.15, 0.2) is 5.13 Å². The van der Waals surface area contributed by atoms with Crippen LogP contribution in [-0.2, 0) is 9.84 Å². The number of sulfone groups is 1. The monoisotopic (exact) mass is 423 g/mol. The van der Waals surface area contributed by atoms with Crippen molar-refractivity contribution >= 4 is 49.5 Å². The Morgan fingerprint density at radius 2 is 1.74 bits per heavy atom. The smallest absolute Gasteiger partial charge is 0.269 e. The van der Waals surface area contributed by atoms with Gasteiger partial charge in [-0.1, -0.05) is 22.9 Å². The van der Waals surface area contributed by atoms with Gasteiger partial charge in [-0.15, -0.1) is 0 Å². The van der Waals surface area contributed by atoms with E-state index in [-0.39, 0.29) is 19.9 Å². The zero-order valence-corrected chi connectivity index (χ0v) is 15.7. The molecule has 1 aromatic heterocycles. The molecular formula is C16H10ClN3O5S2. The molecule has 0 radical (unpaired) electrons. The van der Waals surface area contributed by atoms with E-state index < -0.39 is 20.7 Å². The van der Waals surface area contributed by atoms with Crippen molar-refractivity contribution in [3.05, 3.63) is 75.4 Å². The van der Waals surface area contributed by atoms with Gasteiger partial charge in [0, 0.05) is 22.7 Å². The Morgan fingerprint density at radius 1 is 1.11 bits per heavy atom. The van der Waals surface area contributed by atoms with Crippen LogP contribution in [0.2, 0.25) is 5.02 Å². The van der Waals surface area contributed by atoms with E-state index in [4.69, 9.17) is 11.6 Å². The lowest BCUT2D eigenvalue weighted by atomic mass is 10.2. The first-order chi connectivity index (χ1) is 12.8. The molecule has 0 atom stereocenters. The summed E-state index contributed by atoms with van der Waals surface area (Å²) in [5, 5.41) is 13.8. The van der Waals surface area contributed by atoms with Gasteiger partial charge in [0.1, 0.15) is 4.21 Å². The molecule has 0 aliphatic heterocycles. The molecule has 8 nitrogen and oxygen atoms in total. The van der Waals surface area contributed by atoms with Crippen LogP contribution in [0.1, 0.15) is 10.4 Å². The minimum absolute atomic E-state index is 0.0947. The van der Waals surface area contributed by atoms with Crippen LogP contribution in [0.4, 0.5) is 10.8 Å². The first-order valence-electron chi connectivity index (χ1n) is 7.29.